The summed E-state index contributed by atoms with van der Waals surface area (Å²) in [7, 11) is 1.61. The summed E-state index contributed by atoms with van der Waals surface area (Å²) in [5.41, 5.74) is -0.201. The van der Waals surface area contributed by atoms with Gasteiger partial charge in [0, 0.05) is 38.1 Å². The van der Waals surface area contributed by atoms with E-state index in [1.165, 1.54) is 12.1 Å². The number of imidazole rings is 1. The zero-order valence-electron chi connectivity index (χ0n) is 19.2. The number of aliphatic hydroxyl groups is 1. The highest BCUT2D eigenvalue weighted by Gasteiger charge is 2.33. The highest BCUT2D eigenvalue weighted by atomic mass is 19.1. The molecule has 34 heavy (non-hydrogen) atoms. The van der Waals surface area contributed by atoms with Crippen LogP contribution in [0.1, 0.15) is 5.56 Å². The predicted octanol–water partition coefficient (Wildman–Crippen LogP) is 2.75. The number of methoxy groups -OCH3 is 1. The second-order valence-corrected chi connectivity index (χ2v) is 8.37. The van der Waals surface area contributed by atoms with Gasteiger partial charge in [-0.25, -0.2) is 9.37 Å². The van der Waals surface area contributed by atoms with Crippen molar-refractivity contribution in [1.29, 1.82) is 0 Å². The average Bonchev–Trinajstić information content (AvgIpc) is 3.27. The van der Waals surface area contributed by atoms with Crippen LogP contribution in [-0.4, -0.2) is 71.8 Å². The summed E-state index contributed by atoms with van der Waals surface area (Å²) >= 11 is 0. The Balaban J connectivity index is 1.38. The van der Waals surface area contributed by atoms with Crippen LogP contribution >= 0.6 is 0 Å². The van der Waals surface area contributed by atoms with Gasteiger partial charge in [0.25, 0.3) is 0 Å². The molecule has 1 saturated heterocycles. The van der Waals surface area contributed by atoms with Crippen molar-refractivity contribution in [2.45, 2.75) is 18.7 Å². The molecule has 1 N–H and O–H groups in total. The van der Waals surface area contributed by atoms with Gasteiger partial charge in [-0.15, -0.1) is 0 Å². The van der Waals surface area contributed by atoms with Crippen molar-refractivity contribution < 1.29 is 28.4 Å². The SMILES string of the molecule is COc1ccc(CN2CCOC[C@](O)(COc3cccc(F)c3)C2)cc1OCCn1ccnc1. The third kappa shape index (κ3) is 6.69. The molecule has 0 aliphatic carbocycles. The fourth-order valence-electron chi connectivity index (χ4n) is 3.86. The summed E-state index contributed by atoms with van der Waals surface area (Å²) in [6, 6.07) is 11.7. The molecule has 3 aromatic rings. The second kappa shape index (κ2) is 11.3. The fraction of sp³-hybridized carbons (Fsp3) is 0.400. The van der Waals surface area contributed by atoms with E-state index in [-0.39, 0.29) is 19.0 Å². The number of ether oxygens (including phenoxy) is 4. The molecule has 0 spiro atoms. The molecule has 0 amide bonds. The molecule has 1 aliphatic heterocycles. The van der Waals surface area contributed by atoms with Gasteiger partial charge < -0.3 is 28.6 Å². The number of hydrogen-bond donors (Lipinski definition) is 1. The molecule has 8 nitrogen and oxygen atoms in total. The van der Waals surface area contributed by atoms with Gasteiger partial charge in [-0.3, -0.25) is 4.90 Å². The summed E-state index contributed by atoms with van der Waals surface area (Å²) in [5, 5.41) is 11.1. The monoisotopic (exact) mass is 471 g/mol. The van der Waals surface area contributed by atoms with E-state index in [0.29, 0.717) is 56.6 Å². The van der Waals surface area contributed by atoms with Crippen LogP contribution in [0.15, 0.2) is 61.2 Å². The second-order valence-electron chi connectivity index (χ2n) is 8.37. The van der Waals surface area contributed by atoms with Crippen molar-refractivity contribution in [3.63, 3.8) is 0 Å². The normalized spacial score (nSPS) is 18.9. The zero-order valence-corrected chi connectivity index (χ0v) is 19.2. The largest absolute Gasteiger partial charge is 0.493 e. The summed E-state index contributed by atoms with van der Waals surface area (Å²) < 4.78 is 38.1. The molecular formula is C25H30FN3O5. The van der Waals surface area contributed by atoms with Gasteiger partial charge >= 0.3 is 0 Å². The topological polar surface area (TPSA) is 78.2 Å². The Morgan fingerprint density at radius 2 is 2.09 bits per heavy atom. The maximum atomic E-state index is 13.4. The molecule has 0 saturated carbocycles. The smallest absolute Gasteiger partial charge is 0.161 e. The van der Waals surface area contributed by atoms with Crippen molar-refractivity contribution in [2.75, 3.05) is 46.6 Å². The quantitative estimate of drug-likeness (QED) is 0.487. The van der Waals surface area contributed by atoms with Crippen LogP contribution in [0, 0.1) is 5.82 Å². The van der Waals surface area contributed by atoms with Gasteiger partial charge in [0.15, 0.2) is 11.5 Å². The maximum absolute atomic E-state index is 13.4. The van der Waals surface area contributed by atoms with Crippen LogP contribution < -0.4 is 14.2 Å². The number of benzene rings is 2. The first-order chi connectivity index (χ1) is 16.5. The molecule has 2 aromatic carbocycles. The fourth-order valence-corrected chi connectivity index (χ4v) is 3.86. The third-order valence-electron chi connectivity index (χ3n) is 5.54. The first kappa shape index (κ1) is 24.0. The van der Waals surface area contributed by atoms with Gasteiger partial charge in [-0.1, -0.05) is 12.1 Å². The number of rotatable bonds is 10. The summed E-state index contributed by atoms with van der Waals surface area (Å²) in [5.74, 6) is 1.31. The third-order valence-corrected chi connectivity index (χ3v) is 5.54. The highest BCUT2D eigenvalue weighted by molar-refractivity contribution is 5.43. The van der Waals surface area contributed by atoms with E-state index in [9.17, 15) is 9.50 Å². The zero-order chi connectivity index (χ0) is 23.8. The minimum absolute atomic E-state index is 0.00181. The van der Waals surface area contributed by atoms with Crippen LogP contribution in [0.3, 0.4) is 0 Å². The lowest BCUT2D eigenvalue weighted by molar-refractivity contribution is -0.0647. The average molecular weight is 472 g/mol. The number of aromatic nitrogens is 2. The summed E-state index contributed by atoms with van der Waals surface area (Å²) in [6.45, 7) is 3.39. The lowest BCUT2D eigenvalue weighted by Crippen LogP contribution is -2.48. The number of halogens is 1. The van der Waals surface area contributed by atoms with Crippen molar-refractivity contribution in [3.05, 3.63) is 72.6 Å². The Hall–Kier alpha value is -3.14. The standard InChI is InChI=1S/C25H30FN3O5/c1-31-23-6-5-20(13-24(23)33-12-10-28-8-7-27-19-28)15-29-9-11-32-17-25(30,16-29)18-34-22-4-2-3-21(26)14-22/h2-8,13-14,19,30H,9-12,15-18H2,1H3/t25-/m0/s1. The molecule has 2 heterocycles. The molecule has 0 unspecified atom stereocenters. The van der Waals surface area contributed by atoms with Crippen molar-refractivity contribution in [3.8, 4) is 17.2 Å². The van der Waals surface area contributed by atoms with Crippen molar-refractivity contribution in [2.24, 2.45) is 0 Å². The molecule has 1 aromatic heterocycles. The Morgan fingerprint density at radius 1 is 1.18 bits per heavy atom. The molecule has 1 aliphatic rings. The first-order valence-electron chi connectivity index (χ1n) is 11.2. The van der Waals surface area contributed by atoms with Crippen LogP contribution in [0.4, 0.5) is 4.39 Å². The van der Waals surface area contributed by atoms with E-state index in [2.05, 4.69) is 9.88 Å². The van der Waals surface area contributed by atoms with Gasteiger partial charge in [0.1, 0.15) is 30.4 Å². The first-order valence-corrected chi connectivity index (χ1v) is 11.2. The van der Waals surface area contributed by atoms with Gasteiger partial charge in [-0.05, 0) is 29.8 Å². The van der Waals surface area contributed by atoms with E-state index in [1.807, 2.05) is 29.0 Å². The molecule has 1 atom stereocenters. The van der Waals surface area contributed by atoms with Gasteiger partial charge in [0.05, 0.1) is 33.2 Å². The number of nitrogens with zero attached hydrogens (tertiary/aromatic N) is 3. The number of β-amino-alcohol motifs (C(OH)–C–C–N with tert-alkyl or cyclic N) is 1. The lowest BCUT2D eigenvalue weighted by atomic mass is 10.1. The predicted molar refractivity (Wildman–Crippen MR) is 124 cm³/mol. The molecule has 182 valence electrons. The van der Waals surface area contributed by atoms with Gasteiger partial charge in [0.2, 0.25) is 0 Å². The number of hydrogen-bond acceptors (Lipinski definition) is 7. The lowest BCUT2D eigenvalue weighted by Gasteiger charge is -2.30. The summed E-state index contributed by atoms with van der Waals surface area (Å²) in [4.78, 5) is 6.15. The highest BCUT2D eigenvalue weighted by Crippen LogP contribution is 2.29. The molecule has 9 heteroatoms. The van der Waals surface area contributed by atoms with Crippen molar-refractivity contribution >= 4 is 0 Å². The Bertz CT molecular complexity index is 1050. The van der Waals surface area contributed by atoms with Crippen LogP contribution in [-0.2, 0) is 17.8 Å². The molecule has 1 fully saturated rings. The molecule has 0 bridgehead atoms. The van der Waals surface area contributed by atoms with E-state index in [1.54, 1.807) is 31.8 Å². The Kier molecular flexibility index (Phi) is 7.99. The van der Waals surface area contributed by atoms with Crippen LogP contribution in [0.25, 0.3) is 0 Å². The molecule has 0 radical (unpaired) electrons. The minimum atomic E-state index is -1.22. The molecule has 4 rings (SSSR count). The molecular weight excluding hydrogens is 441 g/mol. The van der Waals surface area contributed by atoms with Crippen molar-refractivity contribution in [1.82, 2.24) is 14.5 Å². The van der Waals surface area contributed by atoms with E-state index in [4.69, 9.17) is 18.9 Å². The van der Waals surface area contributed by atoms with Gasteiger partial charge in [-0.2, -0.15) is 0 Å². The van der Waals surface area contributed by atoms with E-state index >= 15 is 0 Å². The van der Waals surface area contributed by atoms with E-state index < -0.39 is 5.60 Å². The summed E-state index contributed by atoms with van der Waals surface area (Å²) in [6.07, 6.45) is 5.37. The minimum Gasteiger partial charge on any atom is -0.493 e. The maximum Gasteiger partial charge on any atom is 0.161 e. The van der Waals surface area contributed by atoms with Crippen LogP contribution in [0.2, 0.25) is 0 Å². The Morgan fingerprint density at radius 3 is 2.88 bits per heavy atom. The van der Waals surface area contributed by atoms with E-state index in [0.717, 1.165) is 5.56 Å². The Labute approximate surface area is 198 Å². The van der Waals surface area contributed by atoms with Crippen LogP contribution in [0.5, 0.6) is 17.2 Å².